The molecule has 0 spiro atoms. The topological polar surface area (TPSA) is 173 Å². The fourth-order valence-corrected chi connectivity index (χ4v) is 6.58. The summed E-state index contributed by atoms with van der Waals surface area (Å²) in [5, 5.41) is 21.7. The number of ether oxygens (including phenoxy) is 2. The molecule has 4 aromatic carbocycles. The largest absolute Gasteiger partial charge is 2.00 e. The number of benzene rings is 4. The van der Waals surface area contributed by atoms with Crippen molar-refractivity contribution >= 4 is 58.0 Å². The van der Waals surface area contributed by atoms with Crippen LogP contribution >= 0.6 is 0 Å². The maximum absolute atomic E-state index is 11.9. The first-order valence-electron chi connectivity index (χ1n) is 17.9. The van der Waals surface area contributed by atoms with Gasteiger partial charge in [-0.25, -0.2) is 8.42 Å². The molecule has 53 heavy (non-hydrogen) atoms. The van der Waals surface area contributed by atoms with E-state index in [0.29, 0.717) is 41.2 Å². The minimum absolute atomic E-state index is 0. The molecule has 0 heterocycles. The molecule has 0 bridgehead atoms. The van der Waals surface area contributed by atoms with Gasteiger partial charge < -0.3 is 24.2 Å². The molecular weight excluding hydrogens is 745 g/mol. The summed E-state index contributed by atoms with van der Waals surface area (Å²) in [5.74, 6) is 1.13. The third-order valence-corrected chi connectivity index (χ3v) is 10.1. The van der Waals surface area contributed by atoms with Crippen molar-refractivity contribution in [1.82, 2.24) is 0 Å². The molecule has 0 fully saturated rings. The molecule has 0 saturated carbocycles. The van der Waals surface area contributed by atoms with E-state index in [1.54, 1.807) is 36.4 Å². The van der Waals surface area contributed by atoms with Gasteiger partial charge in [0, 0.05) is 0 Å². The number of rotatable bonds is 20. The van der Waals surface area contributed by atoms with Crippen LogP contribution in [0.2, 0.25) is 0 Å². The van der Waals surface area contributed by atoms with E-state index < -0.39 is 20.2 Å². The van der Waals surface area contributed by atoms with Gasteiger partial charge in [-0.3, -0.25) is 4.55 Å². The molecule has 0 aliphatic carbocycles. The van der Waals surface area contributed by atoms with Gasteiger partial charge in [0.2, 0.25) is 0 Å². The molecule has 0 aromatic heterocycles. The van der Waals surface area contributed by atoms with Gasteiger partial charge in [-0.1, -0.05) is 114 Å². The first kappa shape index (κ1) is 46.3. The van der Waals surface area contributed by atoms with Crippen molar-refractivity contribution in [2.75, 3.05) is 0 Å². The van der Waals surface area contributed by atoms with Crippen molar-refractivity contribution in [2.45, 2.75) is 114 Å². The molecule has 10 nitrogen and oxygen atoms in total. The number of hydrogen-bond acceptors (Lipinski definition) is 9. The Morgan fingerprint density at radius 1 is 0.566 bits per heavy atom. The van der Waals surface area contributed by atoms with Crippen molar-refractivity contribution in [1.29, 1.82) is 0 Å². The fraction of sp³-hybridized carbons (Fsp3) is 0.400. The third-order valence-electron chi connectivity index (χ3n) is 8.40. The van der Waals surface area contributed by atoms with Gasteiger partial charge in [0.1, 0.15) is 27.4 Å². The zero-order valence-electron chi connectivity index (χ0n) is 30.7. The molecule has 284 valence electrons. The van der Waals surface area contributed by atoms with Crippen molar-refractivity contribution in [3.8, 4) is 34.5 Å². The van der Waals surface area contributed by atoms with E-state index in [1.807, 2.05) is 0 Å². The number of aromatic hydroxyl groups is 1. The molecule has 0 aliphatic heterocycles. The monoisotopic (exact) mass is 794 g/mol. The van der Waals surface area contributed by atoms with E-state index in [2.05, 4.69) is 13.8 Å². The Morgan fingerprint density at radius 2 is 1.00 bits per heavy atom. The maximum atomic E-state index is 11.9. The van der Waals surface area contributed by atoms with Crippen LogP contribution < -0.4 is 14.6 Å². The Bertz CT molecular complexity index is 1780. The van der Waals surface area contributed by atoms with Crippen LogP contribution in [0.1, 0.15) is 102 Å². The van der Waals surface area contributed by atoms with Gasteiger partial charge in [-0.15, -0.1) is 0 Å². The van der Waals surface area contributed by atoms with E-state index >= 15 is 0 Å². The molecule has 0 aliphatic rings. The van der Waals surface area contributed by atoms with Gasteiger partial charge in [-0.2, -0.15) is 8.42 Å². The van der Waals surface area contributed by atoms with Crippen LogP contribution in [0.25, 0.3) is 0 Å². The van der Waals surface area contributed by atoms with Gasteiger partial charge >= 0.3 is 37.7 Å². The molecule has 2 N–H and O–H groups in total. The van der Waals surface area contributed by atoms with Crippen LogP contribution in [0.5, 0.6) is 34.5 Å². The van der Waals surface area contributed by atoms with Crippen LogP contribution in [0, 0.1) is 0 Å². The Balaban J connectivity index is 0.000000360. The molecule has 0 amide bonds. The number of hydrogen-bond donors (Lipinski definition) is 2. The average molecular weight is 795 g/mol. The maximum Gasteiger partial charge on any atom is 2.00 e. The molecule has 4 rings (SSSR count). The molecule has 0 saturated heterocycles. The number of aryl methyl sites for hydroxylation is 2. The van der Waals surface area contributed by atoms with Crippen LogP contribution in [0.3, 0.4) is 0 Å². The first-order chi connectivity index (χ1) is 24.8. The summed E-state index contributed by atoms with van der Waals surface area (Å²) in [4.78, 5) is -0.427. The summed E-state index contributed by atoms with van der Waals surface area (Å²) in [6, 6.07) is 21.2. The second-order valence-electron chi connectivity index (χ2n) is 12.6. The Labute approximate surface area is 345 Å². The van der Waals surface area contributed by atoms with E-state index in [9.17, 15) is 36.2 Å². The smallest absolute Gasteiger partial charge is 0.870 e. The minimum atomic E-state index is -4.53. The normalized spacial score (nSPS) is 11.2. The van der Waals surface area contributed by atoms with Gasteiger partial charge in [0.25, 0.3) is 10.1 Å². The molecule has 0 radical (unpaired) electrons. The van der Waals surface area contributed by atoms with E-state index in [-0.39, 0.29) is 64.8 Å². The summed E-state index contributed by atoms with van der Waals surface area (Å²) < 4.78 is 77.6. The number of phenolic OH excluding ortho intramolecular Hbond substituents is 1. The Morgan fingerprint density at radius 3 is 1.49 bits per heavy atom. The molecule has 13 heteroatoms. The second-order valence-corrected chi connectivity index (χ2v) is 15.4. The van der Waals surface area contributed by atoms with E-state index in [1.165, 1.54) is 87.1 Å². The Hall–Kier alpha value is -2.84. The van der Waals surface area contributed by atoms with Crippen LogP contribution in [0.15, 0.2) is 94.7 Å². The SMILES string of the molecule is CCCCCCCCc1cc(S(=O)(=O)O)ccc1Oc1ccccc1O.CCCCCCCCc1cc(S(=O)(=O)[O-])ccc1Oc1ccccc1[O-].[Ca+2]. The predicted molar refractivity (Wildman–Crippen MR) is 205 cm³/mol. The standard InChI is InChI=1S/2C20H26O5S.Ca/c2*1-2-3-4-5-6-7-10-16-15-17(26(22,23)24)13-14-19(16)25-20-12-9-8-11-18(20)21;/h2*8-9,11-15,21H,2-7,10H2,1H3,(H,22,23,24);/q;;+2/p-2. The van der Waals surface area contributed by atoms with Crippen LogP contribution in [0.4, 0.5) is 0 Å². The van der Waals surface area contributed by atoms with Crippen LogP contribution in [-0.4, -0.2) is 68.8 Å². The number of phenols is 1. The fourth-order valence-electron chi connectivity index (χ4n) is 5.52. The van der Waals surface area contributed by atoms with Crippen molar-refractivity contribution in [3.63, 3.8) is 0 Å². The average Bonchev–Trinajstić information content (AvgIpc) is 3.10. The zero-order valence-corrected chi connectivity index (χ0v) is 34.5. The van der Waals surface area contributed by atoms with Gasteiger partial charge in [0.15, 0.2) is 11.5 Å². The summed E-state index contributed by atoms with van der Waals surface area (Å²) in [7, 11) is -8.80. The predicted octanol–water partition coefficient (Wildman–Crippen LogP) is 9.31. The minimum Gasteiger partial charge on any atom is -0.870 e. The quantitative estimate of drug-likeness (QED) is 0.0499. The summed E-state index contributed by atoms with van der Waals surface area (Å²) >= 11 is 0. The van der Waals surface area contributed by atoms with E-state index in [0.717, 1.165) is 38.5 Å². The van der Waals surface area contributed by atoms with Crippen molar-refractivity contribution < 1.29 is 45.6 Å². The second kappa shape index (κ2) is 23.8. The van der Waals surface area contributed by atoms with Gasteiger partial charge in [0.05, 0.1) is 9.79 Å². The molecule has 0 unspecified atom stereocenters. The summed E-state index contributed by atoms with van der Waals surface area (Å²) in [5.41, 5.74) is 1.32. The Kier molecular flexibility index (Phi) is 20.8. The van der Waals surface area contributed by atoms with Crippen molar-refractivity contribution in [2.24, 2.45) is 0 Å². The third kappa shape index (κ3) is 16.6. The first-order valence-corrected chi connectivity index (χ1v) is 20.8. The van der Waals surface area contributed by atoms with Crippen LogP contribution in [-0.2, 0) is 33.1 Å². The summed E-state index contributed by atoms with van der Waals surface area (Å²) in [6.07, 6.45) is 14.5. The molecule has 0 atom stereocenters. The summed E-state index contributed by atoms with van der Waals surface area (Å²) in [6.45, 7) is 4.33. The molecular formula is C40H50CaO10S2. The van der Waals surface area contributed by atoms with E-state index in [4.69, 9.17) is 9.47 Å². The zero-order chi connectivity index (χ0) is 38.0. The number of para-hydroxylation sites is 4. The van der Waals surface area contributed by atoms with Crippen molar-refractivity contribution in [3.05, 3.63) is 96.1 Å². The number of unbranched alkanes of at least 4 members (excludes halogenated alkanes) is 10. The molecule has 4 aromatic rings. The van der Waals surface area contributed by atoms with Gasteiger partial charge in [-0.05, 0) is 91.4 Å².